The van der Waals surface area contributed by atoms with Crippen LogP contribution in [0.5, 0.6) is 0 Å². The van der Waals surface area contributed by atoms with Crippen molar-refractivity contribution in [3.63, 3.8) is 0 Å². The van der Waals surface area contributed by atoms with E-state index in [4.69, 9.17) is 0 Å². The molecule has 0 saturated heterocycles. The number of halogens is 1. The van der Waals surface area contributed by atoms with Gasteiger partial charge in [-0.1, -0.05) is 35.4 Å². The Morgan fingerprint density at radius 2 is 1.35 bits per heavy atom. The normalized spacial score (nSPS) is 12.5. The summed E-state index contributed by atoms with van der Waals surface area (Å²) in [4.78, 5) is 2.05. The molecule has 0 fully saturated rings. The molecule has 2 aromatic rings. The number of rotatable bonds is 7. The maximum Gasteiger partial charge on any atom is 0.264 e. The van der Waals surface area contributed by atoms with Crippen LogP contribution >= 0.6 is 12.4 Å². The highest BCUT2D eigenvalue weighted by Gasteiger charge is 2.27. The van der Waals surface area contributed by atoms with Crippen LogP contribution in [0.15, 0.2) is 53.4 Å². The van der Waals surface area contributed by atoms with E-state index in [2.05, 4.69) is 0 Å². The van der Waals surface area contributed by atoms with Crippen LogP contribution in [-0.4, -0.2) is 51.7 Å². The van der Waals surface area contributed by atoms with E-state index in [0.717, 1.165) is 11.1 Å². The summed E-state index contributed by atoms with van der Waals surface area (Å²) in [7, 11) is -0.0774. The lowest BCUT2D eigenvalue weighted by Gasteiger charge is -2.28. The minimum absolute atomic E-state index is 0. The fraction of sp³-hybridized carbons (Fsp3) is 0.368. The van der Waals surface area contributed by atoms with Crippen molar-refractivity contribution in [1.29, 1.82) is 0 Å². The molecular weight excluding hydrogens is 372 g/mol. The number of aliphatic hydroxyl groups is 1. The van der Waals surface area contributed by atoms with Gasteiger partial charge in [-0.25, -0.2) is 8.42 Å². The first kappa shape index (κ1) is 22.4. The number of hydrogen-bond donors (Lipinski definition) is 1. The van der Waals surface area contributed by atoms with Crippen LogP contribution in [0, 0.1) is 13.8 Å². The maximum atomic E-state index is 13.2. The monoisotopic (exact) mass is 398 g/mol. The van der Waals surface area contributed by atoms with Crippen molar-refractivity contribution in [2.45, 2.75) is 24.8 Å². The molecule has 0 spiro atoms. The van der Waals surface area contributed by atoms with Crippen LogP contribution in [0.1, 0.15) is 11.1 Å². The molecular formula is C19H27ClN2O3S. The Morgan fingerprint density at radius 3 is 1.81 bits per heavy atom. The van der Waals surface area contributed by atoms with Crippen molar-refractivity contribution >= 4 is 28.1 Å². The average Bonchev–Trinajstić information content (AvgIpc) is 2.53. The Hall–Kier alpha value is -1.60. The third kappa shape index (κ3) is 5.71. The highest BCUT2D eigenvalue weighted by atomic mass is 35.5. The highest BCUT2D eigenvalue weighted by Crippen LogP contribution is 2.24. The standard InChI is InChI=1S/C19H26N2O3S.ClH/c1-15-5-9-17(10-6-15)21(14-18(22)13-20(3)4)25(23,24)19-11-7-16(2)8-12-19;/h5-12,18,22H,13-14H2,1-4H3;1H. The zero-order chi connectivity index (χ0) is 18.6. The van der Waals surface area contributed by atoms with Crippen molar-refractivity contribution in [3.05, 3.63) is 59.7 Å². The van der Waals surface area contributed by atoms with E-state index in [9.17, 15) is 13.5 Å². The molecule has 5 nitrogen and oxygen atoms in total. The molecule has 2 aromatic carbocycles. The number of nitrogens with zero attached hydrogens (tertiary/aromatic N) is 2. The number of aliphatic hydroxyl groups excluding tert-OH is 1. The van der Waals surface area contributed by atoms with Gasteiger partial charge in [0.2, 0.25) is 0 Å². The molecule has 7 heteroatoms. The number of benzene rings is 2. The van der Waals surface area contributed by atoms with E-state index in [-0.39, 0.29) is 23.8 Å². The van der Waals surface area contributed by atoms with Crippen LogP contribution in [-0.2, 0) is 10.0 Å². The van der Waals surface area contributed by atoms with Crippen molar-refractivity contribution in [2.75, 3.05) is 31.5 Å². The van der Waals surface area contributed by atoms with E-state index in [1.165, 1.54) is 4.31 Å². The molecule has 0 heterocycles. The lowest BCUT2D eigenvalue weighted by molar-refractivity contribution is 0.145. The fourth-order valence-corrected chi connectivity index (χ4v) is 4.06. The summed E-state index contributed by atoms with van der Waals surface area (Å²) in [5.74, 6) is 0. The molecule has 0 aliphatic heterocycles. The predicted octanol–water partition coefficient (Wildman–Crippen LogP) is 2.84. The number of likely N-dealkylation sites (N-methyl/N-ethyl adjacent to an activating group) is 1. The number of hydrogen-bond acceptors (Lipinski definition) is 4. The average molecular weight is 399 g/mol. The molecule has 0 radical (unpaired) electrons. The summed E-state index contributed by atoms with van der Waals surface area (Å²) in [5.41, 5.74) is 2.59. The molecule has 0 aliphatic rings. The van der Waals surface area contributed by atoms with Crippen molar-refractivity contribution in [3.8, 4) is 0 Å². The van der Waals surface area contributed by atoms with Gasteiger partial charge in [0.25, 0.3) is 10.0 Å². The topological polar surface area (TPSA) is 60.9 Å². The van der Waals surface area contributed by atoms with Gasteiger partial charge in [-0.2, -0.15) is 0 Å². The zero-order valence-corrected chi connectivity index (χ0v) is 17.2. The number of anilines is 1. The first-order valence-corrected chi connectivity index (χ1v) is 9.63. The Balaban J connectivity index is 0.00000338. The first-order valence-electron chi connectivity index (χ1n) is 8.19. The van der Waals surface area contributed by atoms with Gasteiger partial charge >= 0.3 is 0 Å². The van der Waals surface area contributed by atoms with Crippen molar-refractivity contribution in [1.82, 2.24) is 4.90 Å². The van der Waals surface area contributed by atoms with Gasteiger partial charge < -0.3 is 10.0 Å². The third-order valence-electron chi connectivity index (χ3n) is 3.88. The van der Waals surface area contributed by atoms with Gasteiger partial charge in [-0.15, -0.1) is 12.4 Å². The minimum Gasteiger partial charge on any atom is -0.390 e. The van der Waals surface area contributed by atoms with Gasteiger partial charge in [-0.05, 0) is 52.2 Å². The summed E-state index contributed by atoms with van der Waals surface area (Å²) in [6.07, 6.45) is -0.795. The minimum atomic E-state index is -3.76. The molecule has 1 atom stereocenters. The van der Waals surface area contributed by atoms with Gasteiger partial charge in [0.05, 0.1) is 23.2 Å². The van der Waals surface area contributed by atoms with Crippen molar-refractivity contribution in [2.24, 2.45) is 0 Å². The summed E-state index contributed by atoms with van der Waals surface area (Å²) in [6.45, 7) is 4.24. The molecule has 2 rings (SSSR count). The fourth-order valence-electron chi connectivity index (χ4n) is 2.56. The summed E-state index contributed by atoms with van der Waals surface area (Å²) >= 11 is 0. The largest absolute Gasteiger partial charge is 0.390 e. The van der Waals surface area contributed by atoms with E-state index in [1.807, 2.05) is 45.0 Å². The Bertz CT molecular complexity index is 791. The Labute approximate surface area is 162 Å². The van der Waals surface area contributed by atoms with Crippen LogP contribution in [0.25, 0.3) is 0 Å². The molecule has 0 bridgehead atoms. The molecule has 1 N–H and O–H groups in total. The third-order valence-corrected chi connectivity index (χ3v) is 5.69. The second-order valence-electron chi connectivity index (χ2n) is 6.60. The summed E-state index contributed by atoms with van der Waals surface area (Å²) in [5, 5.41) is 10.3. The second kappa shape index (κ2) is 9.37. The summed E-state index contributed by atoms with van der Waals surface area (Å²) < 4.78 is 27.6. The molecule has 1 unspecified atom stereocenters. The van der Waals surface area contributed by atoms with E-state index >= 15 is 0 Å². The van der Waals surface area contributed by atoms with Crippen molar-refractivity contribution < 1.29 is 13.5 Å². The molecule has 0 aromatic heterocycles. The quantitative estimate of drug-likeness (QED) is 0.779. The van der Waals surface area contributed by atoms with Crippen LogP contribution < -0.4 is 4.31 Å². The highest BCUT2D eigenvalue weighted by molar-refractivity contribution is 7.92. The smallest absolute Gasteiger partial charge is 0.264 e. The van der Waals surface area contributed by atoms with Gasteiger partial charge in [-0.3, -0.25) is 4.31 Å². The van der Waals surface area contributed by atoms with E-state index < -0.39 is 16.1 Å². The van der Waals surface area contributed by atoms with E-state index in [1.54, 1.807) is 36.4 Å². The van der Waals surface area contributed by atoms with Gasteiger partial charge in [0, 0.05) is 6.54 Å². The molecule has 0 amide bonds. The Kier molecular flexibility index (Phi) is 8.09. The van der Waals surface area contributed by atoms with Crippen LogP contribution in [0.4, 0.5) is 5.69 Å². The van der Waals surface area contributed by atoms with Crippen LogP contribution in [0.3, 0.4) is 0 Å². The van der Waals surface area contributed by atoms with Gasteiger partial charge in [0.1, 0.15) is 0 Å². The zero-order valence-electron chi connectivity index (χ0n) is 15.6. The van der Waals surface area contributed by atoms with Gasteiger partial charge in [0.15, 0.2) is 0 Å². The molecule has 0 aliphatic carbocycles. The summed E-state index contributed by atoms with van der Waals surface area (Å²) in [6, 6.07) is 14.0. The van der Waals surface area contributed by atoms with Crippen LogP contribution in [0.2, 0.25) is 0 Å². The molecule has 144 valence electrons. The SMILES string of the molecule is Cc1ccc(N(CC(O)CN(C)C)S(=O)(=O)c2ccc(C)cc2)cc1.Cl. The maximum absolute atomic E-state index is 13.2. The molecule has 0 saturated carbocycles. The Morgan fingerprint density at radius 1 is 0.885 bits per heavy atom. The lowest BCUT2D eigenvalue weighted by atomic mass is 10.2. The number of sulfonamides is 1. The lowest BCUT2D eigenvalue weighted by Crippen LogP contribution is -2.41. The molecule has 26 heavy (non-hydrogen) atoms. The predicted molar refractivity (Wildman–Crippen MR) is 109 cm³/mol. The van der Waals surface area contributed by atoms with E-state index in [0.29, 0.717) is 12.2 Å². The second-order valence-corrected chi connectivity index (χ2v) is 8.46. The first-order chi connectivity index (χ1) is 11.7. The number of aryl methyl sites for hydroxylation is 2.